The molecule has 17 heteroatoms. The van der Waals surface area contributed by atoms with Gasteiger partial charge in [-0.2, -0.15) is 0 Å². The zero-order valence-electron chi connectivity index (χ0n) is 40.9. The number of hydrogen-bond donors (Lipinski definition) is 2. The molecule has 0 spiro atoms. The number of benzene rings is 6. The van der Waals surface area contributed by atoms with Crippen molar-refractivity contribution in [3.05, 3.63) is 214 Å². The summed E-state index contributed by atoms with van der Waals surface area (Å²) in [6, 6.07) is 46.8. The molecule has 0 radical (unpaired) electrons. The molecule has 16 nitrogen and oxygen atoms in total. The van der Waals surface area contributed by atoms with E-state index in [0.29, 0.717) is 5.56 Å². The summed E-state index contributed by atoms with van der Waals surface area (Å²) in [5.41, 5.74) is 9.68. The van der Waals surface area contributed by atoms with E-state index in [4.69, 9.17) is 33.2 Å². The summed E-state index contributed by atoms with van der Waals surface area (Å²) in [4.78, 5) is 70.2. The summed E-state index contributed by atoms with van der Waals surface area (Å²) in [6.45, 7) is 0.857. The first kappa shape index (κ1) is 51.2. The summed E-state index contributed by atoms with van der Waals surface area (Å²) in [6.07, 6.45) is -9.93. The molecule has 0 saturated carbocycles. The fourth-order valence-electron chi connectivity index (χ4n) is 10.1. The van der Waals surface area contributed by atoms with E-state index in [-0.39, 0.29) is 61.9 Å². The zero-order chi connectivity index (χ0) is 51.8. The molecule has 4 amide bonds. The zero-order valence-corrected chi connectivity index (χ0v) is 40.9. The summed E-state index contributed by atoms with van der Waals surface area (Å²) in [5, 5.41) is 1.63. The molecule has 2 saturated heterocycles. The molecule has 6 aromatic rings. The first-order valence-corrected chi connectivity index (χ1v) is 24.8. The molecular formula is C58H55FN4O12. The highest BCUT2D eigenvalue weighted by atomic mass is 19.1. The highest BCUT2D eigenvalue weighted by Crippen LogP contribution is 2.41. The van der Waals surface area contributed by atoms with E-state index in [2.05, 4.69) is 10.9 Å². The van der Waals surface area contributed by atoms with Crippen LogP contribution in [0.4, 0.5) is 4.39 Å². The standard InChI is InChI=1S/C58H55FN4O12/c1-36(64)73-50-46(35-70-31-38-20-8-3-9-21-38)74-52(48(53(50)72-33-40-24-12-5-13-25-40)60-62-55(65)41-26-14-15-27-42(41)56(62)66)47-45(34-69-30-37-18-6-2-7-19-37)75-54(59)49(51(47)71-32-39-22-10-4-11-23-39)61-63-57(67)43-28-16-17-29-44(43)58(63)68/h2-29,45-54,60-61H,30-35H2,1H3/t45-,46-,47-,48+,49-,50-,51+,52+,53-,54-/m1/s1. The van der Waals surface area contributed by atoms with Gasteiger partial charge in [0.1, 0.15) is 18.2 Å². The van der Waals surface area contributed by atoms with Crippen LogP contribution in [0, 0.1) is 5.92 Å². The predicted molar refractivity (Wildman–Crippen MR) is 267 cm³/mol. The van der Waals surface area contributed by atoms with Crippen LogP contribution in [0.5, 0.6) is 0 Å². The highest BCUT2D eigenvalue weighted by molar-refractivity contribution is 6.21. The quantitative estimate of drug-likeness (QED) is 0.0593. The molecule has 386 valence electrons. The summed E-state index contributed by atoms with van der Waals surface area (Å²) in [5.74, 6) is -4.69. The van der Waals surface area contributed by atoms with E-state index >= 15 is 4.39 Å². The Morgan fingerprint density at radius 3 is 1.28 bits per heavy atom. The molecule has 4 heterocycles. The van der Waals surface area contributed by atoms with Gasteiger partial charge in [0.15, 0.2) is 6.10 Å². The predicted octanol–water partition coefficient (Wildman–Crippen LogP) is 6.94. The second kappa shape index (κ2) is 23.5. The van der Waals surface area contributed by atoms with Gasteiger partial charge in [-0.15, -0.1) is 0 Å². The maximum absolute atomic E-state index is 17.5. The van der Waals surface area contributed by atoms with Gasteiger partial charge in [0, 0.05) is 12.8 Å². The molecule has 0 aliphatic carbocycles. The SMILES string of the molecule is CC(=O)O[C@H]1[C@H](OCc2ccccc2)[C@@H](NN2C(=O)c3ccccc3C2=O)[C@H]([C@H]2[C@H](OCc3ccccc3)[C@@H](NN3C(=O)c4ccccc4C3=O)[C@H](F)O[C@@H]2COCc2ccccc2)O[C@@H]1COCc1ccccc1. The third-order valence-corrected chi connectivity index (χ3v) is 13.7. The number of esters is 1. The molecule has 2 N–H and O–H groups in total. The van der Waals surface area contributed by atoms with Gasteiger partial charge in [-0.1, -0.05) is 146 Å². The lowest BCUT2D eigenvalue weighted by atomic mass is 9.77. The monoisotopic (exact) mass is 1020 g/mol. The van der Waals surface area contributed by atoms with Crippen molar-refractivity contribution < 1.29 is 61.5 Å². The van der Waals surface area contributed by atoms with Crippen molar-refractivity contribution in [2.45, 2.75) is 88.4 Å². The number of halogens is 1. The molecule has 10 rings (SSSR count). The normalized spacial score (nSPS) is 25.3. The van der Waals surface area contributed by atoms with E-state index in [1.807, 2.05) is 121 Å². The Labute approximate surface area is 432 Å². The number of hydrogen-bond acceptors (Lipinski definition) is 14. The summed E-state index contributed by atoms with van der Waals surface area (Å²) in [7, 11) is 0. The second-order valence-corrected chi connectivity index (χ2v) is 18.6. The smallest absolute Gasteiger partial charge is 0.303 e. The molecule has 0 unspecified atom stereocenters. The Kier molecular flexibility index (Phi) is 16.0. The van der Waals surface area contributed by atoms with Gasteiger partial charge in [0.25, 0.3) is 23.6 Å². The van der Waals surface area contributed by atoms with Crippen LogP contribution in [0.2, 0.25) is 0 Å². The first-order valence-electron chi connectivity index (χ1n) is 24.8. The Bertz CT molecular complexity index is 2890. The van der Waals surface area contributed by atoms with Crippen LogP contribution >= 0.6 is 0 Å². The molecule has 0 bridgehead atoms. The van der Waals surface area contributed by atoms with Crippen molar-refractivity contribution in [3.63, 3.8) is 0 Å². The molecule has 75 heavy (non-hydrogen) atoms. The number of hydrazine groups is 2. The van der Waals surface area contributed by atoms with Gasteiger partial charge in [-0.3, -0.25) is 24.0 Å². The number of fused-ring (bicyclic) bond motifs is 2. The average Bonchev–Trinajstić information content (AvgIpc) is 3.82. The van der Waals surface area contributed by atoms with E-state index in [1.165, 1.54) is 31.2 Å². The van der Waals surface area contributed by atoms with Crippen molar-refractivity contribution in [2.75, 3.05) is 13.2 Å². The largest absolute Gasteiger partial charge is 0.457 e. The van der Waals surface area contributed by atoms with Gasteiger partial charge in [-0.05, 0) is 46.5 Å². The maximum Gasteiger partial charge on any atom is 0.303 e. The number of amides is 4. The van der Waals surface area contributed by atoms with Gasteiger partial charge in [0.05, 0.1) is 86.2 Å². The van der Waals surface area contributed by atoms with E-state index in [9.17, 15) is 24.0 Å². The first-order chi connectivity index (χ1) is 36.6. The molecule has 4 aliphatic rings. The Hall–Kier alpha value is -7.32. The number of nitrogens with one attached hydrogen (secondary N) is 2. The van der Waals surface area contributed by atoms with Crippen LogP contribution in [0.1, 0.15) is 70.6 Å². The lowest BCUT2D eigenvalue weighted by Crippen LogP contribution is -2.74. The van der Waals surface area contributed by atoms with Crippen molar-refractivity contribution in [1.29, 1.82) is 0 Å². The number of carbonyl (C=O) groups is 5. The van der Waals surface area contributed by atoms with E-state index < -0.39 is 90.6 Å². The lowest BCUT2D eigenvalue weighted by Gasteiger charge is -2.54. The number of carbonyl (C=O) groups excluding carboxylic acids is 5. The number of alkyl halides is 1. The Morgan fingerprint density at radius 2 is 0.853 bits per heavy atom. The van der Waals surface area contributed by atoms with Crippen molar-refractivity contribution in [1.82, 2.24) is 20.9 Å². The van der Waals surface area contributed by atoms with Crippen LogP contribution < -0.4 is 10.9 Å². The van der Waals surface area contributed by atoms with Crippen molar-refractivity contribution in [2.24, 2.45) is 5.92 Å². The minimum Gasteiger partial charge on any atom is -0.457 e. The fourth-order valence-corrected chi connectivity index (χ4v) is 10.1. The molecule has 2 fully saturated rings. The van der Waals surface area contributed by atoms with Crippen LogP contribution in [-0.2, 0) is 64.4 Å². The molecule has 4 aliphatic heterocycles. The third kappa shape index (κ3) is 11.4. The minimum atomic E-state index is -2.26. The Balaban J connectivity index is 1.11. The van der Waals surface area contributed by atoms with Gasteiger partial charge in [-0.25, -0.2) is 25.3 Å². The highest BCUT2D eigenvalue weighted by Gasteiger charge is 2.60. The van der Waals surface area contributed by atoms with Crippen LogP contribution in [-0.4, -0.2) is 108 Å². The Morgan fingerprint density at radius 1 is 0.480 bits per heavy atom. The van der Waals surface area contributed by atoms with E-state index in [1.54, 1.807) is 24.3 Å². The number of rotatable bonds is 20. The van der Waals surface area contributed by atoms with Gasteiger partial charge >= 0.3 is 5.97 Å². The van der Waals surface area contributed by atoms with Crippen LogP contribution in [0.25, 0.3) is 0 Å². The minimum absolute atomic E-state index is 0.0525. The van der Waals surface area contributed by atoms with Gasteiger partial charge < -0.3 is 33.2 Å². The maximum atomic E-state index is 17.5. The number of imide groups is 2. The lowest BCUT2D eigenvalue weighted by molar-refractivity contribution is -0.289. The average molecular weight is 1020 g/mol. The third-order valence-electron chi connectivity index (χ3n) is 13.7. The van der Waals surface area contributed by atoms with Crippen molar-refractivity contribution in [3.8, 4) is 0 Å². The molecule has 10 atom stereocenters. The summed E-state index contributed by atoms with van der Waals surface area (Å²) < 4.78 is 63.9. The number of nitrogens with zero attached hydrogens (tertiary/aromatic N) is 2. The fraction of sp³-hybridized carbons (Fsp3) is 0.293. The molecule has 6 aromatic carbocycles. The van der Waals surface area contributed by atoms with Crippen LogP contribution in [0.3, 0.4) is 0 Å². The van der Waals surface area contributed by atoms with Crippen LogP contribution in [0.15, 0.2) is 170 Å². The molecule has 0 aromatic heterocycles. The second-order valence-electron chi connectivity index (χ2n) is 18.6. The summed E-state index contributed by atoms with van der Waals surface area (Å²) >= 11 is 0. The number of ether oxygens (including phenoxy) is 7. The van der Waals surface area contributed by atoms with E-state index in [0.717, 1.165) is 26.7 Å². The van der Waals surface area contributed by atoms with Crippen molar-refractivity contribution >= 4 is 29.6 Å². The topological polar surface area (TPSA) is 180 Å². The molecular weight excluding hydrogens is 964 g/mol. The van der Waals surface area contributed by atoms with Gasteiger partial charge in [0.2, 0.25) is 6.36 Å².